The van der Waals surface area contributed by atoms with Gasteiger partial charge in [0.25, 0.3) is 0 Å². The smallest absolute Gasteiger partial charge is 0.303 e. The highest BCUT2D eigenvalue weighted by Crippen LogP contribution is 1.97. The third-order valence-corrected chi connectivity index (χ3v) is 1.10. The van der Waals surface area contributed by atoms with Gasteiger partial charge >= 0.3 is 5.97 Å². The molecule has 0 bridgehead atoms. The molecule has 0 saturated heterocycles. The minimum Gasteiger partial charge on any atom is -0.481 e. The van der Waals surface area contributed by atoms with Gasteiger partial charge in [-0.25, -0.2) is 0 Å². The van der Waals surface area contributed by atoms with E-state index < -0.39 is 12.1 Å². The summed E-state index contributed by atoms with van der Waals surface area (Å²) in [6, 6.07) is 0. The van der Waals surface area contributed by atoms with Gasteiger partial charge in [0.05, 0.1) is 0 Å². The number of carboxylic acid groups (broad SMARTS) is 1. The summed E-state index contributed by atoms with van der Waals surface area (Å²) in [4.78, 5) is 20.2. The largest absolute Gasteiger partial charge is 0.481 e. The molecule has 0 unspecified atom stereocenters. The Kier molecular flexibility index (Phi) is 3.64. The minimum atomic E-state index is -1.11. The molecule has 0 aromatic rings. The zero-order chi connectivity index (χ0) is 8.15. The van der Waals surface area contributed by atoms with Crippen molar-refractivity contribution < 1.29 is 19.8 Å². The SMILES string of the molecule is CC(=O)[C@H](O)CCC(=O)O. The minimum absolute atomic E-state index is 0.00463. The van der Waals surface area contributed by atoms with Crippen LogP contribution in [0.15, 0.2) is 0 Å². The summed E-state index contributed by atoms with van der Waals surface area (Å²) in [5.41, 5.74) is 0. The average Bonchev–Trinajstić information content (AvgIpc) is 1.82. The first kappa shape index (κ1) is 9.10. The van der Waals surface area contributed by atoms with Crippen molar-refractivity contribution in [2.75, 3.05) is 0 Å². The molecule has 0 saturated carbocycles. The maximum Gasteiger partial charge on any atom is 0.303 e. The Bertz CT molecular complexity index is 141. The number of carboxylic acids is 1. The molecule has 0 aromatic heterocycles. The molecule has 0 heterocycles. The first-order chi connectivity index (χ1) is 4.54. The molecule has 0 aromatic carbocycles. The second-order valence-electron chi connectivity index (χ2n) is 2.06. The Morgan fingerprint density at radius 3 is 2.30 bits per heavy atom. The highest BCUT2D eigenvalue weighted by Gasteiger charge is 2.10. The highest BCUT2D eigenvalue weighted by molar-refractivity contribution is 5.80. The molecule has 0 amide bonds. The van der Waals surface area contributed by atoms with Crippen molar-refractivity contribution >= 4 is 11.8 Å². The lowest BCUT2D eigenvalue weighted by Crippen LogP contribution is -2.17. The van der Waals surface area contributed by atoms with E-state index in [4.69, 9.17) is 10.2 Å². The third-order valence-electron chi connectivity index (χ3n) is 1.10. The van der Waals surface area contributed by atoms with Crippen molar-refractivity contribution in [2.45, 2.75) is 25.9 Å². The van der Waals surface area contributed by atoms with E-state index in [1.807, 2.05) is 0 Å². The summed E-state index contributed by atoms with van der Waals surface area (Å²) in [7, 11) is 0. The Hall–Kier alpha value is -0.900. The summed E-state index contributed by atoms with van der Waals surface area (Å²) < 4.78 is 0. The molecule has 58 valence electrons. The molecule has 0 aliphatic rings. The van der Waals surface area contributed by atoms with Crippen molar-refractivity contribution in [1.82, 2.24) is 0 Å². The number of aliphatic hydroxyl groups is 1. The third kappa shape index (κ3) is 4.03. The summed E-state index contributed by atoms with van der Waals surface area (Å²) in [5, 5.41) is 16.9. The van der Waals surface area contributed by atoms with Crippen molar-refractivity contribution in [1.29, 1.82) is 0 Å². The van der Waals surface area contributed by atoms with Crippen LogP contribution in [0.1, 0.15) is 19.8 Å². The van der Waals surface area contributed by atoms with Gasteiger partial charge in [-0.1, -0.05) is 0 Å². The predicted octanol–water partition coefficient (Wildman–Crippen LogP) is -0.199. The van der Waals surface area contributed by atoms with Crippen LogP contribution in [0, 0.1) is 0 Å². The van der Waals surface area contributed by atoms with Crippen molar-refractivity contribution in [3.63, 3.8) is 0 Å². The average molecular weight is 146 g/mol. The van der Waals surface area contributed by atoms with E-state index in [1.165, 1.54) is 6.92 Å². The number of hydrogen-bond donors (Lipinski definition) is 2. The molecule has 4 heteroatoms. The lowest BCUT2D eigenvalue weighted by Gasteiger charge is -2.01. The van der Waals surface area contributed by atoms with E-state index in [0.717, 1.165) is 0 Å². The normalized spacial score (nSPS) is 12.6. The van der Waals surface area contributed by atoms with E-state index in [9.17, 15) is 9.59 Å². The Morgan fingerprint density at radius 1 is 1.50 bits per heavy atom. The van der Waals surface area contributed by atoms with Crippen LogP contribution in [-0.4, -0.2) is 28.1 Å². The molecule has 0 aliphatic heterocycles. The first-order valence-corrected chi connectivity index (χ1v) is 2.94. The second-order valence-corrected chi connectivity index (χ2v) is 2.06. The van der Waals surface area contributed by atoms with Crippen LogP contribution < -0.4 is 0 Å². The lowest BCUT2D eigenvalue weighted by molar-refractivity contribution is -0.138. The molecule has 0 radical (unpaired) electrons. The van der Waals surface area contributed by atoms with Gasteiger partial charge in [-0.2, -0.15) is 0 Å². The fourth-order valence-corrected chi connectivity index (χ4v) is 0.463. The van der Waals surface area contributed by atoms with Gasteiger partial charge in [0.1, 0.15) is 6.10 Å². The lowest BCUT2D eigenvalue weighted by atomic mass is 10.1. The molecule has 10 heavy (non-hydrogen) atoms. The number of ketones is 1. The molecular formula is C6H10O4. The van der Waals surface area contributed by atoms with Crippen molar-refractivity contribution in [3.8, 4) is 0 Å². The Morgan fingerprint density at radius 2 is 2.00 bits per heavy atom. The van der Waals surface area contributed by atoms with Crippen LogP contribution in [0.3, 0.4) is 0 Å². The number of carbonyl (C=O) groups excluding carboxylic acids is 1. The fraction of sp³-hybridized carbons (Fsp3) is 0.667. The quantitative estimate of drug-likeness (QED) is 0.576. The Balaban J connectivity index is 3.49. The number of rotatable bonds is 4. The summed E-state index contributed by atoms with van der Waals surface area (Å²) >= 11 is 0. The van der Waals surface area contributed by atoms with Crippen molar-refractivity contribution in [3.05, 3.63) is 0 Å². The van der Waals surface area contributed by atoms with Crippen LogP contribution >= 0.6 is 0 Å². The topological polar surface area (TPSA) is 74.6 Å². The molecule has 0 aliphatic carbocycles. The zero-order valence-corrected chi connectivity index (χ0v) is 5.70. The molecular weight excluding hydrogens is 136 g/mol. The molecule has 1 atom stereocenters. The molecule has 0 spiro atoms. The van der Waals surface area contributed by atoms with Crippen LogP contribution in [0.25, 0.3) is 0 Å². The molecule has 2 N–H and O–H groups in total. The van der Waals surface area contributed by atoms with Gasteiger partial charge in [-0.3, -0.25) is 9.59 Å². The van der Waals surface area contributed by atoms with E-state index in [0.29, 0.717) is 0 Å². The number of aliphatic hydroxyl groups excluding tert-OH is 1. The second kappa shape index (κ2) is 4.00. The van der Waals surface area contributed by atoms with Gasteiger partial charge in [-0.05, 0) is 13.3 Å². The van der Waals surface area contributed by atoms with Crippen LogP contribution in [0.5, 0.6) is 0 Å². The van der Waals surface area contributed by atoms with E-state index in [2.05, 4.69) is 0 Å². The van der Waals surface area contributed by atoms with Gasteiger partial charge in [-0.15, -0.1) is 0 Å². The predicted molar refractivity (Wildman–Crippen MR) is 33.6 cm³/mol. The number of Topliss-reactive ketones (excluding diaryl/α,β-unsaturated/α-hetero) is 1. The van der Waals surface area contributed by atoms with Gasteiger partial charge in [0, 0.05) is 6.42 Å². The van der Waals surface area contributed by atoms with E-state index in [-0.39, 0.29) is 18.6 Å². The summed E-state index contributed by atoms with van der Waals surface area (Å²) in [6.45, 7) is 1.23. The van der Waals surface area contributed by atoms with Crippen LogP contribution in [-0.2, 0) is 9.59 Å². The standard InChI is InChI=1S/C6H10O4/c1-4(7)5(8)2-3-6(9)10/h5,8H,2-3H2,1H3,(H,9,10)/t5-/m1/s1. The molecule has 0 fully saturated rings. The van der Waals surface area contributed by atoms with Gasteiger partial charge in [0.15, 0.2) is 5.78 Å². The number of carbonyl (C=O) groups is 2. The summed E-state index contributed by atoms with van der Waals surface area (Å²) in [6.07, 6.45) is -1.28. The van der Waals surface area contributed by atoms with Crippen LogP contribution in [0.4, 0.5) is 0 Å². The van der Waals surface area contributed by atoms with Gasteiger partial charge < -0.3 is 10.2 Å². The fourth-order valence-electron chi connectivity index (χ4n) is 0.463. The maximum absolute atomic E-state index is 10.3. The number of aliphatic carboxylic acids is 1. The first-order valence-electron chi connectivity index (χ1n) is 2.94. The molecule has 0 rings (SSSR count). The monoisotopic (exact) mass is 146 g/mol. The number of hydrogen-bond acceptors (Lipinski definition) is 3. The van der Waals surface area contributed by atoms with Crippen molar-refractivity contribution in [2.24, 2.45) is 0 Å². The Labute approximate surface area is 58.5 Å². The van der Waals surface area contributed by atoms with Gasteiger partial charge in [0.2, 0.25) is 0 Å². The van der Waals surface area contributed by atoms with Crippen LogP contribution in [0.2, 0.25) is 0 Å². The zero-order valence-electron chi connectivity index (χ0n) is 5.70. The summed E-state index contributed by atoms with van der Waals surface area (Å²) in [5.74, 6) is -1.39. The highest BCUT2D eigenvalue weighted by atomic mass is 16.4. The maximum atomic E-state index is 10.3. The van der Waals surface area contributed by atoms with E-state index >= 15 is 0 Å². The molecule has 4 nitrogen and oxygen atoms in total. The van der Waals surface area contributed by atoms with E-state index in [1.54, 1.807) is 0 Å².